The normalized spacial score (nSPS) is 10.9. The summed E-state index contributed by atoms with van der Waals surface area (Å²) in [4.78, 5) is 12.3. The fourth-order valence-electron chi connectivity index (χ4n) is 3.32. The predicted molar refractivity (Wildman–Crippen MR) is 131 cm³/mol. The van der Waals surface area contributed by atoms with Gasteiger partial charge < -0.3 is 10.1 Å². The molecule has 0 fully saturated rings. The summed E-state index contributed by atoms with van der Waals surface area (Å²) < 4.78 is 6.08. The molecule has 0 saturated carbocycles. The molecule has 4 aromatic carbocycles. The minimum absolute atomic E-state index is 0.319. The van der Waals surface area contributed by atoms with Crippen LogP contribution in [0.3, 0.4) is 0 Å². The molecule has 0 aliphatic carbocycles. The summed E-state index contributed by atoms with van der Waals surface area (Å²) in [6.45, 7) is 2.25. The predicted octanol–water partition coefficient (Wildman–Crippen LogP) is 6.54. The molecule has 4 rings (SSSR count). The van der Waals surface area contributed by atoms with Crippen LogP contribution in [-0.4, -0.2) is 12.2 Å². The number of halogens is 1. The van der Waals surface area contributed by atoms with Crippen molar-refractivity contribution in [3.63, 3.8) is 0 Å². The van der Waals surface area contributed by atoms with Gasteiger partial charge in [-0.1, -0.05) is 78.3 Å². The molecule has 5 nitrogen and oxygen atoms in total. The number of nitrogens with one attached hydrogen (secondary N) is 2. The van der Waals surface area contributed by atoms with Gasteiger partial charge in [-0.2, -0.15) is 5.10 Å². The highest BCUT2D eigenvalue weighted by Crippen LogP contribution is 2.28. The molecule has 32 heavy (non-hydrogen) atoms. The molecule has 160 valence electrons. The van der Waals surface area contributed by atoms with Crippen LogP contribution in [0.25, 0.3) is 10.8 Å². The third kappa shape index (κ3) is 5.07. The van der Waals surface area contributed by atoms with E-state index in [1.54, 1.807) is 6.21 Å². The van der Waals surface area contributed by atoms with Gasteiger partial charge in [0.2, 0.25) is 0 Å². The van der Waals surface area contributed by atoms with Crippen molar-refractivity contribution in [2.45, 2.75) is 13.5 Å². The fraction of sp³-hybridized carbons (Fsp3) is 0.0769. The van der Waals surface area contributed by atoms with E-state index in [1.165, 1.54) is 0 Å². The summed E-state index contributed by atoms with van der Waals surface area (Å²) in [6.07, 6.45) is 1.60. The number of fused-ring (bicyclic) bond motifs is 1. The first-order valence-corrected chi connectivity index (χ1v) is 10.5. The quantitative estimate of drug-likeness (QED) is 0.262. The lowest BCUT2D eigenvalue weighted by Crippen LogP contribution is -2.24. The maximum absolute atomic E-state index is 12.3. The molecule has 0 radical (unpaired) electrons. The molecule has 0 spiro atoms. The smallest absolute Gasteiger partial charge is 0.339 e. The molecule has 0 aliphatic heterocycles. The topological polar surface area (TPSA) is 62.7 Å². The van der Waals surface area contributed by atoms with Crippen LogP contribution >= 0.6 is 11.6 Å². The molecule has 0 heterocycles. The van der Waals surface area contributed by atoms with E-state index in [4.69, 9.17) is 16.3 Å². The van der Waals surface area contributed by atoms with Crippen molar-refractivity contribution in [2.24, 2.45) is 5.10 Å². The second-order valence-corrected chi connectivity index (χ2v) is 7.62. The minimum Gasteiger partial charge on any atom is -0.488 e. The monoisotopic (exact) mass is 443 g/mol. The van der Waals surface area contributed by atoms with Gasteiger partial charge in [-0.15, -0.1) is 0 Å². The van der Waals surface area contributed by atoms with Gasteiger partial charge in [0.15, 0.2) is 0 Å². The van der Waals surface area contributed by atoms with Gasteiger partial charge in [-0.3, -0.25) is 0 Å². The van der Waals surface area contributed by atoms with Crippen LogP contribution in [0.2, 0.25) is 5.02 Å². The molecule has 0 aliphatic rings. The van der Waals surface area contributed by atoms with Crippen molar-refractivity contribution in [3.05, 3.63) is 107 Å². The van der Waals surface area contributed by atoms with Crippen molar-refractivity contribution in [3.8, 4) is 5.75 Å². The Morgan fingerprint density at radius 1 is 0.969 bits per heavy atom. The number of para-hydroxylation sites is 1. The number of hydrogen-bond acceptors (Lipinski definition) is 3. The lowest BCUT2D eigenvalue weighted by atomic mass is 10.0. The highest BCUT2D eigenvalue weighted by molar-refractivity contribution is 6.31. The van der Waals surface area contributed by atoms with Gasteiger partial charge in [-0.25, -0.2) is 10.2 Å². The molecule has 6 heteroatoms. The number of amides is 2. The van der Waals surface area contributed by atoms with E-state index >= 15 is 0 Å². The van der Waals surface area contributed by atoms with Crippen LogP contribution in [0.4, 0.5) is 10.5 Å². The van der Waals surface area contributed by atoms with E-state index in [0.29, 0.717) is 17.4 Å². The standard InChI is InChI=1S/C26H22ClN3O2/c1-18-8-2-7-13-24(18)29-26(31)30-28-16-22-21-11-5-3-9-19(21)14-15-25(22)32-17-20-10-4-6-12-23(20)27/h2-16H,17H2,1H3,(H2,29,30,31). The maximum atomic E-state index is 12.3. The Hall–Kier alpha value is -3.83. The zero-order valence-corrected chi connectivity index (χ0v) is 18.3. The molecule has 2 N–H and O–H groups in total. The molecular weight excluding hydrogens is 422 g/mol. The lowest BCUT2D eigenvalue weighted by Gasteiger charge is -2.13. The second-order valence-electron chi connectivity index (χ2n) is 7.22. The van der Waals surface area contributed by atoms with E-state index in [0.717, 1.165) is 33.2 Å². The largest absolute Gasteiger partial charge is 0.488 e. The Morgan fingerprint density at radius 2 is 1.72 bits per heavy atom. The molecule has 0 atom stereocenters. The van der Waals surface area contributed by atoms with Crippen molar-refractivity contribution in [1.29, 1.82) is 0 Å². The first-order valence-electron chi connectivity index (χ1n) is 10.2. The molecule has 0 bridgehead atoms. The number of rotatable bonds is 6. The van der Waals surface area contributed by atoms with Gasteiger partial charge in [-0.05, 0) is 41.5 Å². The van der Waals surface area contributed by atoms with Crippen LogP contribution < -0.4 is 15.5 Å². The highest BCUT2D eigenvalue weighted by atomic mass is 35.5. The van der Waals surface area contributed by atoms with Gasteiger partial charge in [0.05, 0.1) is 6.21 Å². The summed E-state index contributed by atoms with van der Waals surface area (Å²) in [5.41, 5.74) is 5.88. The Morgan fingerprint density at radius 3 is 2.56 bits per heavy atom. The Balaban J connectivity index is 1.54. The molecule has 0 unspecified atom stereocenters. The van der Waals surface area contributed by atoms with Gasteiger partial charge in [0.1, 0.15) is 12.4 Å². The van der Waals surface area contributed by atoms with Crippen LogP contribution in [0, 0.1) is 6.92 Å². The van der Waals surface area contributed by atoms with E-state index in [1.807, 2.05) is 91.9 Å². The van der Waals surface area contributed by atoms with E-state index in [9.17, 15) is 4.79 Å². The van der Waals surface area contributed by atoms with Crippen LogP contribution in [0.1, 0.15) is 16.7 Å². The maximum Gasteiger partial charge on any atom is 0.339 e. The first kappa shape index (κ1) is 21.4. The molecular formula is C26H22ClN3O2. The third-order valence-corrected chi connectivity index (χ3v) is 5.39. The van der Waals surface area contributed by atoms with E-state index in [2.05, 4.69) is 15.8 Å². The molecule has 0 aromatic heterocycles. The van der Waals surface area contributed by atoms with Gasteiger partial charge in [0.25, 0.3) is 0 Å². The molecule has 0 saturated heterocycles. The number of ether oxygens (including phenoxy) is 1. The van der Waals surface area contributed by atoms with Crippen molar-refractivity contribution in [1.82, 2.24) is 5.43 Å². The van der Waals surface area contributed by atoms with Crippen molar-refractivity contribution in [2.75, 3.05) is 5.32 Å². The summed E-state index contributed by atoms with van der Waals surface area (Å²) in [5, 5.41) is 9.61. The van der Waals surface area contributed by atoms with E-state index < -0.39 is 6.03 Å². The van der Waals surface area contributed by atoms with Crippen molar-refractivity contribution < 1.29 is 9.53 Å². The third-order valence-electron chi connectivity index (χ3n) is 5.02. The zero-order chi connectivity index (χ0) is 22.3. The number of urea groups is 1. The summed E-state index contributed by atoms with van der Waals surface area (Å²) in [6, 6.07) is 26.5. The van der Waals surface area contributed by atoms with Crippen LogP contribution in [0.5, 0.6) is 5.75 Å². The Bertz CT molecular complexity index is 1290. The number of aryl methyl sites for hydroxylation is 1. The highest BCUT2D eigenvalue weighted by Gasteiger charge is 2.09. The second kappa shape index (κ2) is 9.98. The number of hydrazone groups is 1. The Labute approximate surface area is 191 Å². The number of carbonyl (C=O) groups excluding carboxylic acids is 1. The number of hydrogen-bond donors (Lipinski definition) is 2. The van der Waals surface area contributed by atoms with Crippen LogP contribution in [0.15, 0.2) is 90.0 Å². The first-order chi connectivity index (χ1) is 15.6. The SMILES string of the molecule is Cc1ccccc1NC(=O)NN=Cc1c(OCc2ccccc2Cl)ccc2ccccc12. The molecule has 2 amide bonds. The average Bonchev–Trinajstić information content (AvgIpc) is 2.81. The van der Waals surface area contributed by atoms with Crippen molar-refractivity contribution >= 4 is 40.3 Å². The number of nitrogens with zero attached hydrogens (tertiary/aromatic N) is 1. The number of benzene rings is 4. The summed E-state index contributed by atoms with van der Waals surface area (Å²) in [7, 11) is 0. The number of carbonyl (C=O) groups is 1. The fourth-order valence-corrected chi connectivity index (χ4v) is 3.51. The molecule has 4 aromatic rings. The zero-order valence-electron chi connectivity index (χ0n) is 17.5. The number of anilines is 1. The van der Waals surface area contributed by atoms with E-state index in [-0.39, 0.29) is 0 Å². The summed E-state index contributed by atoms with van der Waals surface area (Å²) in [5.74, 6) is 0.647. The van der Waals surface area contributed by atoms with Gasteiger partial charge >= 0.3 is 6.03 Å². The average molecular weight is 444 g/mol. The van der Waals surface area contributed by atoms with Gasteiger partial charge in [0, 0.05) is 21.8 Å². The Kier molecular flexibility index (Phi) is 6.68. The summed E-state index contributed by atoms with van der Waals surface area (Å²) >= 11 is 6.26. The van der Waals surface area contributed by atoms with Crippen LogP contribution in [-0.2, 0) is 6.61 Å². The minimum atomic E-state index is -0.422. The lowest BCUT2D eigenvalue weighted by molar-refractivity contribution is 0.252.